The lowest BCUT2D eigenvalue weighted by atomic mass is 9.90. The monoisotopic (exact) mass is 392 g/mol. The van der Waals surface area contributed by atoms with Crippen molar-refractivity contribution in [2.45, 2.75) is 51.6 Å². The minimum Gasteiger partial charge on any atom is -0.365 e. The molecule has 1 fully saturated rings. The summed E-state index contributed by atoms with van der Waals surface area (Å²) in [5.74, 6) is 1.51. The van der Waals surface area contributed by atoms with Crippen molar-refractivity contribution in [2.75, 3.05) is 12.4 Å². The van der Waals surface area contributed by atoms with Gasteiger partial charge in [-0.25, -0.2) is 14.8 Å². The highest BCUT2D eigenvalue weighted by Gasteiger charge is 2.28. The molecule has 4 rings (SSSR count). The molecule has 1 saturated carbocycles. The average Bonchev–Trinajstić information content (AvgIpc) is 3.03. The molecule has 7 nitrogen and oxygen atoms in total. The molecule has 0 saturated heterocycles. The maximum Gasteiger partial charge on any atom is 0.314 e. The van der Waals surface area contributed by atoms with Gasteiger partial charge in [-0.2, -0.15) is 0 Å². The third kappa shape index (κ3) is 3.90. The van der Waals surface area contributed by atoms with Gasteiger partial charge in [0, 0.05) is 24.3 Å². The van der Waals surface area contributed by atoms with Crippen LogP contribution in [0.15, 0.2) is 30.3 Å². The van der Waals surface area contributed by atoms with Crippen LogP contribution >= 0.6 is 0 Å². The smallest absolute Gasteiger partial charge is 0.314 e. The third-order valence-electron chi connectivity index (χ3n) is 5.82. The standard InChI is InChI=1S/C22H28N6O/c1-13-14(2)24-20-18(13)21(28-19(27-20)15-9-5-4-6-10-15)25-16-11-7-8-12-17(16)26-22(29)23-3/h4-6,9-10,16-17H,7-8,11-12H2,1-3H3,(H2,23,26,29)(H2,24,25,27,28)/t16-,17+/m0/s1. The SMILES string of the molecule is CNC(=O)N[C@@H]1CCCC[C@@H]1Nc1nc(-c2ccccc2)nc2[nH]c(C)c(C)c12. The van der Waals surface area contributed by atoms with Crippen LogP contribution in [0.3, 0.4) is 0 Å². The van der Waals surface area contributed by atoms with Crippen LogP contribution in [0.2, 0.25) is 0 Å². The lowest BCUT2D eigenvalue weighted by Gasteiger charge is -2.33. The molecule has 0 bridgehead atoms. The number of aromatic amines is 1. The molecule has 2 atom stereocenters. The number of hydrogen-bond acceptors (Lipinski definition) is 4. The number of hydrogen-bond donors (Lipinski definition) is 4. The summed E-state index contributed by atoms with van der Waals surface area (Å²) in [7, 11) is 1.65. The molecular weight excluding hydrogens is 364 g/mol. The summed E-state index contributed by atoms with van der Waals surface area (Å²) in [5.41, 5.74) is 4.05. The van der Waals surface area contributed by atoms with E-state index < -0.39 is 0 Å². The van der Waals surface area contributed by atoms with Crippen LogP contribution in [-0.2, 0) is 0 Å². The summed E-state index contributed by atoms with van der Waals surface area (Å²) in [4.78, 5) is 25.0. The molecule has 4 N–H and O–H groups in total. The van der Waals surface area contributed by atoms with E-state index in [-0.39, 0.29) is 18.1 Å². The Bertz CT molecular complexity index is 1010. The second-order valence-corrected chi connectivity index (χ2v) is 7.73. The predicted molar refractivity (Wildman–Crippen MR) is 116 cm³/mol. The minimum absolute atomic E-state index is 0.0641. The zero-order valence-electron chi connectivity index (χ0n) is 17.2. The quantitative estimate of drug-likeness (QED) is 0.542. The first-order valence-electron chi connectivity index (χ1n) is 10.2. The van der Waals surface area contributed by atoms with Crippen LogP contribution in [0.4, 0.5) is 10.6 Å². The fourth-order valence-electron chi connectivity index (χ4n) is 4.08. The van der Waals surface area contributed by atoms with Crippen molar-refractivity contribution >= 4 is 22.9 Å². The van der Waals surface area contributed by atoms with Gasteiger partial charge in [-0.3, -0.25) is 0 Å². The molecule has 3 aromatic rings. The molecule has 1 aliphatic carbocycles. The molecule has 29 heavy (non-hydrogen) atoms. The molecule has 2 aromatic heterocycles. The van der Waals surface area contributed by atoms with Gasteiger partial charge in [-0.1, -0.05) is 43.2 Å². The van der Waals surface area contributed by atoms with E-state index in [1.54, 1.807) is 7.05 Å². The van der Waals surface area contributed by atoms with Gasteiger partial charge in [0.1, 0.15) is 11.5 Å². The topological polar surface area (TPSA) is 94.7 Å². The van der Waals surface area contributed by atoms with Gasteiger partial charge in [-0.05, 0) is 32.3 Å². The zero-order valence-corrected chi connectivity index (χ0v) is 17.2. The van der Waals surface area contributed by atoms with E-state index in [1.807, 2.05) is 30.3 Å². The largest absolute Gasteiger partial charge is 0.365 e. The highest BCUT2D eigenvalue weighted by Crippen LogP contribution is 2.31. The Balaban J connectivity index is 1.74. The summed E-state index contributed by atoms with van der Waals surface area (Å²) < 4.78 is 0. The number of fused-ring (bicyclic) bond motifs is 1. The number of amides is 2. The van der Waals surface area contributed by atoms with Gasteiger partial charge < -0.3 is 20.9 Å². The van der Waals surface area contributed by atoms with Crippen molar-refractivity contribution in [3.05, 3.63) is 41.6 Å². The molecule has 0 unspecified atom stereocenters. The minimum atomic E-state index is -0.143. The first-order chi connectivity index (χ1) is 14.1. The number of aromatic nitrogens is 3. The number of rotatable bonds is 4. The van der Waals surface area contributed by atoms with Crippen LogP contribution in [0.25, 0.3) is 22.4 Å². The number of carbonyl (C=O) groups excluding carboxylic acids is 1. The lowest BCUT2D eigenvalue weighted by molar-refractivity contribution is 0.232. The highest BCUT2D eigenvalue weighted by atomic mass is 16.2. The van der Waals surface area contributed by atoms with Crippen LogP contribution < -0.4 is 16.0 Å². The predicted octanol–water partition coefficient (Wildman–Crippen LogP) is 3.89. The van der Waals surface area contributed by atoms with Crippen molar-refractivity contribution in [3.8, 4) is 11.4 Å². The number of nitrogens with zero attached hydrogens (tertiary/aromatic N) is 2. The number of aryl methyl sites for hydroxylation is 2. The van der Waals surface area contributed by atoms with Gasteiger partial charge >= 0.3 is 6.03 Å². The van der Waals surface area contributed by atoms with Crippen molar-refractivity contribution in [1.29, 1.82) is 0 Å². The molecule has 1 aliphatic rings. The Morgan fingerprint density at radius 3 is 2.52 bits per heavy atom. The summed E-state index contributed by atoms with van der Waals surface area (Å²) in [6.45, 7) is 4.14. The van der Waals surface area contributed by atoms with Gasteiger partial charge in [-0.15, -0.1) is 0 Å². The van der Waals surface area contributed by atoms with Crippen molar-refractivity contribution in [2.24, 2.45) is 0 Å². The first-order valence-corrected chi connectivity index (χ1v) is 10.2. The summed E-state index contributed by atoms with van der Waals surface area (Å²) >= 11 is 0. The van der Waals surface area contributed by atoms with Crippen LogP contribution in [0.1, 0.15) is 36.9 Å². The van der Waals surface area contributed by atoms with Crippen molar-refractivity contribution in [1.82, 2.24) is 25.6 Å². The number of carbonyl (C=O) groups is 1. The zero-order chi connectivity index (χ0) is 20.4. The second-order valence-electron chi connectivity index (χ2n) is 7.73. The Morgan fingerprint density at radius 2 is 1.79 bits per heavy atom. The van der Waals surface area contributed by atoms with Crippen LogP contribution in [0, 0.1) is 13.8 Å². The normalized spacial score (nSPS) is 19.1. The second kappa shape index (κ2) is 8.11. The van der Waals surface area contributed by atoms with E-state index in [9.17, 15) is 4.79 Å². The fraction of sp³-hybridized carbons (Fsp3) is 0.409. The lowest BCUT2D eigenvalue weighted by Crippen LogP contribution is -2.51. The number of benzene rings is 1. The molecule has 0 spiro atoms. The van der Waals surface area contributed by atoms with Crippen molar-refractivity contribution < 1.29 is 4.79 Å². The van der Waals surface area contributed by atoms with E-state index >= 15 is 0 Å². The summed E-state index contributed by atoms with van der Waals surface area (Å²) in [6.07, 6.45) is 4.19. The van der Waals surface area contributed by atoms with Crippen LogP contribution in [-0.4, -0.2) is 40.1 Å². The highest BCUT2D eigenvalue weighted by molar-refractivity contribution is 5.93. The molecule has 0 radical (unpaired) electrons. The third-order valence-corrected chi connectivity index (χ3v) is 5.82. The Hall–Kier alpha value is -3.09. The first kappa shape index (κ1) is 19.2. The Morgan fingerprint density at radius 1 is 1.07 bits per heavy atom. The van der Waals surface area contributed by atoms with Gasteiger partial charge in [0.05, 0.1) is 11.4 Å². The maximum absolute atomic E-state index is 11.9. The summed E-state index contributed by atoms with van der Waals surface area (Å²) in [5, 5.41) is 10.4. The molecule has 7 heteroatoms. The van der Waals surface area contributed by atoms with Crippen LogP contribution in [0.5, 0.6) is 0 Å². The molecule has 152 valence electrons. The van der Waals surface area contributed by atoms with Gasteiger partial charge in [0.25, 0.3) is 0 Å². The van der Waals surface area contributed by atoms with Crippen molar-refractivity contribution in [3.63, 3.8) is 0 Å². The fourth-order valence-corrected chi connectivity index (χ4v) is 4.08. The van der Waals surface area contributed by atoms with E-state index in [2.05, 4.69) is 34.8 Å². The molecule has 0 aliphatic heterocycles. The number of H-pyrrole nitrogens is 1. The Labute approximate surface area is 170 Å². The van der Waals surface area contributed by atoms with Gasteiger partial charge in [0.15, 0.2) is 5.82 Å². The average molecular weight is 393 g/mol. The molecule has 2 heterocycles. The molecule has 2 amide bonds. The molecular formula is C22H28N6O. The molecule has 1 aromatic carbocycles. The number of anilines is 1. The maximum atomic E-state index is 11.9. The number of nitrogens with one attached hydrogen (secondary N) is 4. The number of urea groups is 1. The Kier molecular flexibility index (Phi) is 5.38. The van der Waals surface area contributed by atoms with Gasteiger partial charge in [0.2, 0.25) is 0 Å². The summed E-state index contributed by atoms with van der Waals surface area (Å²) in [6, 6.07) is 10.1. The van der Waals surface area contributed by atoms with E-state index in [0.29, 0.717) is 5.82 Å². The van der Waals surface area contributed by atoms with E-state index in [4.69, 9.17) is 9.97 Å². The van der Waals surface area contributed by atoms with E-state index in [0.717, 1.165) is 59.4 Å². The van der Waals surface area contributed by atoms with E-state index in [1.165, 1.54) is 0 Å².